The number of hydrogen-bond donors (Lipinski definition) is 1. The Morgan fingerprint density at radius 1 is 1.29 bits per heavy atom. The average Bonchev–Trinajstić information content (AvgIpc) is 2.50. The zero-order chi connectivity index (χ0) is 15.1. The van der Waals surface area contributed by atoms with Crippen LogP contribution in [-0.4, -0.2) is 33.4 Å². The molecule has 0 atom stereocenters. The van der Waals surface area contributed by atoms with Crippen molar-refractivity contribution in [1.29, 1.82) is 0 Å². The molecule has 0 unspecified atom stereocenters. The lowest BCUT2D eigenvalue weighted by atomic mass is 10.2. The van der Waals surface area contributed by atoms with Crippen LogP contribution in [0.1, 0.15) is 19.3 Å². The molecule has 1 aromatic heterocycles. The van der Waals surface area contributed by atoms with Crippen LogP contribution in [0.4, 0.5) is 11.5 Å². The highest BCUT2D eigenvalue weighted by atomic mass is 32.2. The molecule has 1 aromatic carbocycles. The molecule has 21 heavy (non-hydrogen) atoms. The number of fused-ring (bicyclic) bond motifs is 1. The van der Waals surface area contributed by atoms with Crippen LogP contribution in [0.2, 0.25) is 0 Å². The van der Waals surface area contributed by atoms with Gasteiger partial charge < -0.3 is 5.32 Å². The minimum Gasteiger partial charge on any atom is -0.369 e. The highest BCUT2D eigenvalue weighted by Gasteiger charge is 2.10. The number of nitro groups is 1. The number of unbranched alkanes of at least 4 members (excludes halogenated alkanes) is 2. The second kappa shape index (κ2) is 7.78. The molecule has 0 fully saturated rings. The summed E-state index contributed by atoms with van der Waals surface area (Å²) in [7, 11) is 0. The first kappa shape index (κ1) is 15.5. The normalized spacial score (nSPS) is 10.7. The largest absolute Gasteiger partial charge is 0.369 e. The van der Waals surface area contributed by atoms with Crippen LogP contribution in [0, 0.1) is 10.1 Å². The highest BCUT2D eigenvalue weighted by Crippen LogP contribution is 2.24. The van der Waals surface area contributed by atoms with E-state index in [9.17, 15) is 10.1 Å². The maximum Gasteiger partial charge on any atom is 0.270 e. The van der Waals surface area contributed by atoms with Crippen molar-refractivity contribution in [3.8, 4) is 0 Å². The Balaban J connectivity index is 2.05. The van der Waals surface area contributed by atoms with Gasteiger partial charge in [0.05, 0.1) is 10.4 Å². The molecule has 112 valence electrons. The van der Waals surface area contributed by atoms with Crippen LogP contribution in [0.5, 0.6) is 0 Å². The van der Waals surface area contributed by atoms with Crippen molar-refractivity contribution in [3.05, 3.63) is 34.6 Å². The number of nitro benzene ring substituents is 1. The van der Waals surface area contributed by atoms with Gasteiger partial charge in [0.25, 0.3) is 5.69 Å². The van der Waals surface area contributed by atoms with Crippen molar-refractivity contribution in [3.63, 3.8) is 0 Å². The number of hydrogen-bond acceptors (Lipinski definition) is 6. The standard InChI is InChI=1S/C14H18N4O2S/c1-21-8-4-2-3-7-15-14-12-9-11(18(19)20)5-6-13(12)16-10-17-14/h5-6,9-10H,2-4,7-8H2,1H3,(H,15,16,17). The fourth-order valence-electron chi connectivity index (χ4n) is 2.05. The van der Waals surface area contributed by atoms with Crippen LogP contribution < -0.4 is 5.32 Å². The fourth-order valence-corrected chi connectivity index (χ4v) is 2.55. The molecule has 0 saturated carbocycles. The third-order valence-corrected chi connectivity index (χ3v) is 3.84. The topological polar surface area (TPSA) is 81.0 Å². The van der Waals surface area contributed by atoms with E-state index in [1.54, 1.807) is 6.07 Å². The van der Waals surface area contributed by atoms with Gasteiger partial charge in [0.15, 0.2) is 0 Å². The van der Waals surface area contributed by atoms with E-state index in [-0.39, 0.29) is 5.69 Å². The van der Waals surface area contributed by atoms with Crippen LogP contribution in [0.25, 0.3) is 10.9 Å². The molecule has 1 N–H and O–H groups in total. The van der Waals surface area contributed by atoms with E-state index in [1.807, 2.05) is 11.8 Å². The van der Waals surface area contributed by atoms with Gasteiger partial charge in [-0.2, -0.15) is 11.8 Å². The summed E-state index contributed by atoms with van der Waals surface area (Å²) in [6.07, 6.45) is 7.01. The van der Waals surface area contributed by atoms with Crippen molar-refractivity contribution in [1.82, 2.24) is 9.97 Å². The predicted octanol–water partition coefficient (Wildman–Crippen LogP) is 3.48. The molecule has 0 aliphatic heterocycles. The summed E-state index contributed by atoms with van der Waals surface area (Å²) in [5, 5.41) is 14.8. The molecule has 0 bridgehead atoms. The number of thioether (sulfide) groups is 1. The first-order chi connectivity index (χ1) is 10.2. The summed E-state index contributed by atoms with van der Waals surface area (Å²) in [5.41, 5.74) is 0.765. The third-order valence-electron chi connectivity index (χ3n) is 3.15. The zero-order valence-corrected chi connectivity index (χ0v) is 12.7. The monoisotopic (exact) mass is 306 g/mol. The molecule has 0 amide bonds. The lowest BCUT2D eigenvalue weighted by molar-refractivity contribution is -0.384. The maximum absolute atomic E-state index is 10.9. The van der Waals surface area contributed by atoms with Crippen LogP contribution in [0.15, 0.2) is 24.5 Å². The molecular weight excluding hydrogens is 288 g/mol. The number of rotatable bonds is 8. The van der Waals surface area contributed by atoms with Crippen molar-refractivity contribution in [2.24, 2.45) is 0 Å². The first-order valence-corrected chi connectivity index (χ1v) is 8.23. The van der Waals surface area contributed by atoms with Gasteiger partial charge in [-0.25, -0.2) is 9.97 Å². The number of aromatic nitrogens is 2. The fraction of sp³-hybridized carbons (Fsp3) is 0.429. The molecule has 2 aromatic rings. The summed E-state index contributed by atoms with van der Waals surface area (Å²) in [6.45, 7) is 0.809. The van der Waals surface area contributed by atoms with Crippen molar-refractivity contribution in [2.75, 3.05) is 23.9 Å². The van der Waals surface area contributed by atoms with Gasteiger partial charge in [-0.1, -0.05) is 6.42 Å². The number of nitrogens with one attached hydrogen (secondary N) is 1. The Morgan fingerprint density at radius 3 is 2.90 bits per heavy atom. The van der Waals surface area contributed by atoms with E-state index in [1.165, 1.54) is 30.6 Å². The number of benzene rings is 1. The summed E-state index contributed by atoms with van der Waals surface area (Å²) < 4.78 is 0. The van der Waals surface area contributed by atoms with Gasteiger partial charge in [0.1, 0.15) is 12.1 Å². The van der Waals surface area contributed by atoms with Crippen LogP contribution in [0.3, 0.4) is 0 Å². The van der Waals surface area contributed by atoms with Crippen molar-refractivity contribution < 1.29 is 4.92 Å². The highest BCUT2D eigenvalue weighted by molar-refractivity contribution is 7.98. The van der Waals surface area contributed by atoms with E-state index in [4.69, 9.17) is 0 Å². The summed E-state index contributed by atoms with van der Waals surface area (Å²) >= 11 is 1.86. The molecule has 0 aliphatic carbocycles. The molecule has 6 nitrogen and oxygen atoms in total. The molecule has 2 rings (SSSR count). The van der Waals surface area contributed by atoms with Gasteiger partial charge >= 0.3 is 0 Å². The van der Waals surface area contributed by atoms with Gasteiger partial charge in [-0.15, -0.1) is 0 Å². The van der Waals surface area contributed by atoms with Gasteiger partial charge in [-0.05, 0) is 30.9 Å². The Morgan fingerprint density at radius 2 is 2.14 bits per heavy atom. The van der Waals surface area contributed by atoms with Crippen molar-refractivity contribution in [2.45, 2.75) is 19.3 Å². The molecule has 0 saturated heterocycles. The lowest BCUT2D eigenvalue weighted by Gasteiger charge is -2.08. The molecule has 7 heteroatoms. The Labute approximate surface area is 127 Å². The minimum absolute atomic E-state index is 0.0559. The SMILES string of the molecule is CSCCCCCNc1ncnc2ccc([N+](=O)[O-])cc12. The summed E-state index contributed by atoms with van der Waals surface area (Å²) in [4.78, 5) is 18.8. The van der Waals surface area contributed by atoms with E-state index in [0.717, 1.165) is 19.4 Å². The van der Waals surface area contributed by atoms with E-state index in [0.29, 0.717) is 16.7 Å². The summed E-state index contributed by atoms with van der Waals surface area (Å²) in [6, 6.07) is 4.63. The van der Waals surface area contributed by atoms with Crippen LogP contribution in [-0.2, 0) is 0 Å². The van der Waals surface area contributed by atoms with E-state index < -0.39 is 4.92 Å². The Bertz CT molecular complexity index is 621. The Kier molecular flexibility index (Phi) is 5.74. The summed E-state index contributed by atoms with van der Waals surface area (Å²) in [5.74, 6) is 1.84. The average molecular weight is 306 g/mol. The third kappa shape index (κ3) is 4.29. The van der Waals surface area contributed by atoms with Gasteiger partial charge in [0.2, 0.25) is 0 Å². The minimum atomic E-state index is -0.404. The second-order valence-electron chi connectivity index (χ2n) is 4.66. The molecule has 1 heterocycles. The van der Waals surface area contributed by atoms with E-state index >= 15 is 0 Å². The molecule has 0 spiro atoms. The first-order valence-electron chi connectivity index (χ1n) is 6.84. The molecule has 0 aliphatic rings. The predicted molar refractivity (Wildman–Crippen MR) is 86.9 cm³/mol. The Hall–Kier alpha value is -1.89. The second-order valence-corrected chi connectivity index (χ2v) is 5.65. The van der Waals surface area contributed by atoms with Crippen LogP contribution >= 0.6 is 11.8 Å². The maximum atomic E-state index is 10.9. The van der Waals surface area contributed by atoms with Gasteiger partial charge in [0, 0.05) is 24.1 Å². The zero-order valence-electron chi connectivity index (χ0n) is 11.9. The quantitative estimate of drug-likeness (QED) is 0.457. The number of anilines is 1. The molecule has 0 radical (unpaired) electrons. The number of nitrogens with zero attached hydrogens (tertiary/aromatic N) is 3. The lowest BCUT2D eigenvalue weighted by Crippen LogP contribution is -2.04. The number of non-ortho nitro benzene ring substituents is 1. The van der Waals surface area contributed by atoms with E-state index in [2.05, 4.69) is 21.5 Å². The van der Waals surface area contributed by atoms with Gasteiger partial charge in [-0.3, -0.25) is 10.1 Å². The smallest absolute Gasteiger partial charge is 0.270 e. The molecular formula is C14H18N4O2S. The van der Waals surface area contributed by atoms with Crippen molar-refractivity contribution >= 4 is 34.2 Å².